The Bertz CT molecular complexity index is 240. The third-order valence-corrected chi connectivity index (χ3v) is 3.28. The summed E-state index contributed by atoms with van der Waals surface area (Å²) in [6.45, 7) is 8.05. The molecule has 1 fully saturated rings. The maximum absolute atomic E-state index is 11.9. The fourth-order valence-electron chi connectivity index (χ4n) is 2.49. The molecule has 0 atom stereocenters. The Morgan fingerprint density at radius 3 is 2.35 bits per heavy atom. The Morgan fingerprint density at radius 1 is 1.24 bits per heavy atom. The third-order valence-electron chi connectivity index (χ3n) is 3.28. The van der Waals surface area contributed by atoms with Crippen molar-refractivity contribution in [3.8, 4) is 0 Å². The normalized spacial score (nSPS) is 18.4. The maximum Gasteiger partial charge on any atom is 0.347 e. The van der Waals surface area contributed by atoms with E-state index < -0.39 is 5.41 Å². The summed E-state index contributed by atoms with van der Waals surface area (Å²) >= 11 is 0. The molecule has 17 heavy (non-hydrogen) atoms. The number of hydrogen-bond donors (Lipinski definition) is 0. The van der Waals surface area contributed by atoms with Gasteiger partial charge in [0.05, 0.1) is 5.41 Å². The summed E-state index contributed by atoms with van der Waals surface area (Å²) in [5.74, 6) is 0.240. The van der Waals surface area contributed by atoms with Gasteiger partial charge in [-0.1, -0.05) is 33.1 Å². The average molecular weight is 242 g/mol. The van der Waals surface area contributed by atoms with Gasteiger partial charge in [-0.2, -0.15) is 4.89 Å². The fourth-order valence-corrected chi connectivity index (χ4v) is 2.49. The second-order valence-corrected chi connectivity index (χ2v) is 6.21. The number of carbonyl (C=O) groups excluding carboxylic acids is 1. The molecule has 3 heteroatoms. The van der Waals surface area contributed by atoms with Crippen LogP contribution in [0.2, 0.25) is 0 Å². The summed E-state index contributed by atoms with van der Waals surface area (Å²) in [7, 11) is 0. The van der Waals surface area contributed by atoms with Crippen molar-refractivity contribution >= 4 is 5.97 Å². The minimum atomic E-state index is -0.456. The molecule has 0 amide bonds. The first-order chi connectivity index (χ1) is 7.92. The van der Waals surface area contributed by atoms with E-state index in [1.807, 2.05) is 13.8 Å². The van der Waals surface area contributed by atoms with Crippen molar-refractivity contribution < 1.29 is 14.6 Å². The van der Waals surface area contributed by atoms with Crippen molar-refractivity contribution in [2.75, 3.05) is 0 Å². The molecule has 0 aromatic heterocycles. The van der Waals surface area contributed by atoms with Crippen LogP contribution in [0.4, 0.5) is 0 Å². The zero-order valence-electron chi connectivity index (χ0n) is 11.6. The Labute approximate surface area is 105 Å². The molecule has 1 rings (SSSR count). The van der Waals surface area contributed by atoms with Crippen molar-refractivity contribution in [1.82, 2.24) is 0 Å². The summed E-state index contributed by atoms with van der Waals surface area (Å²) in [6, 6.07) is 0. The van der Waals surface area contributed by atoms with Crippen molar-refractivity contribution in [1.29, 1.82) is 0 Å². The monoisotopic (exact) mass is 242 g/mol. The van der Waals surface area contributed by atoms with Gasteiger partial charge >= 0.3 is 5.97 Å². The van der Waals surface area contributed by atoms with E-state index >= 15 is 0 Å². The summed E-state index contributed by atoms with van der Waals surface area (Å²) in [5.41, 5.74) is -0.456. The van der Waals surface area contributed by atoms with Gasteiger partial charge in [0.2, 0.25) is 0 Å². The zero-order chi connectivity index (χ0) is 12.9. The maximum atomic E-state index is 11.9. The first-order valence-corrected chi connectivity index (χ1v) is 6.79. The first-order valence-electron chi connectivity index (χ1n) is 6.79. The van der Waals surface area contributed by atoms with E-state index in [1.54, 1.807) is 0 Å². The predicted molar refractivity (Wildman–Crippen MR) is 67.3 cm³/mol. The molecule has 0 radical (unpaired) electrons. The molecule has 0 saturated heterocycles. The van der Waals surface area contributed by atoms with Gasteiger partial charge in [-0.3, -0.25) is 4.89 Å². The molecule has 1 aliphatic carbocycles. The van der Waals surface area contributed by atoms with E-state index in [9.17, 15) is 4.79 Å². The second-order valence-electron chi connectivity index (χ2n) is 6.21. The lowest BCUT2D eigenvalue weighted by molar-refractivity contribution is -0.308. The molecule has 0 N–H and O–H groups in total. The van der Waals surface area contributed by atoms with Crippen LogP contribution in [0.15, 0.2) is 0 Å². The van der Waals surface area contributed by atoms with Gasteiger partial charge in [0.25, 0.3) is 0 Å². The lowest BCUT2D eigenvalue weighted by Crippen LogP contribution is -2.30. The quantitative estimate of drug-likeness (QED) is 0.542. The van der Waals surface area contributed by atoms with E-state index in [1.165, 1.54) is 19.3 Å². The summed E-state index contributed by atoms with van der Waals surface area (Å²) in [4.78, 5) is 22.2. The van der Waals surface area contributed by atoms with E-state index in [0.29, 0.717) is 5.92 Å². The van der Waals surface area contributed by atoms with Crippen LogP contribution < -0.4 is 0 Å². The molecule has 3 nitrogen and oxygen atoms in total. The highest BCUT2D eigenvalue weighted by Crippen LogP contribution is 2.28. The summed E-state index contributed by atoms with van der Waals surface area (Å²) in [6.07, 6.45) is 6.58. The summed E-state index contributed by atoms with van der Waals surface area (Å²) in [5, 5.41) is 0. The van der Waals surface area contributed by atoms with Gasteiger partial charge in [0.15, 0.2) is 0 Å². The van der Waals surface area contributed by atoms with Gasteiger partial charge in [0, 0.05) is 0 Å². The highest BCUT2D eigenvalue weighted by molar-refractivity contribution is 5.75. The Balaban J connectivity index is 2.32. The Hall–Kier alpha value is -0.570. The van der Waals surface area contributed by atoms with Crippen LogP contribution in [0.3, 0.4) is 0 Å². The third kappa shape index (κ3) is 5.07. The van der Waals surface area contributed by atoms with E-state index in [-0.39, 0.29) is 12.1 Å². The van der Waals surface area contributed by atoms with Crippen LogP contribution in [0.25, 0.3) is 0 Å². The molecule has 0 aromatic rings. The number of carbonyl (C=O) groups is 1. The highest BCUT2D eigenvalue weighted by atomic mass is 17.2. The topological polar surface area (TPSA) is 35.5 Å². The molecule has 0 spiro atoms. The van der Waals surface area contributed by atoms with Crippen LogP contribution in [-0.2, 0) is 14.6 Å². The van der Waals surface area contributed by atoms with Gasteiger partial charge in [0.1, 0.15) is 6.10 Å². The van der Waals surface area contributed by atoms with Gasteiger partial charge in [-0.25, -0.2) is 4.79 Å². The van der Waals surface area contributed by atoms with E-state index in [0.717, 1.165) is 19.3 Å². The molecular weight excluding hydrogens is 216 g/mol. The van der Waals surface area contributed by atoms with Crippen molar-refractivity contribution in [3.63, 3.8) is 0 Å². The number of rotatable bonds is 5. The van der Waals surface area contributed by atoms with E-state index in [4.69, 9.17) is 9.78 Å². The van der Waals surface area contributed by atoms with Crippen molar-refractivity contribution in [2.24, 2.45) is 11.3 Å². The molecule has 0 aromatic carbocycles. The standard InChI is InChI=1S/C14H26O3/c1-11(2)10-14(3,4)13(15)17-16-12-8-6-5-7-9-12/h11-12H,5-10H2,1-4H3. The predicted octanol–water partition coefficient (Wildman–Crippen LogP) is 3.87. The van der Waals surface area contributed by atoms with Crippen molar-refractivity contribution in [3.05, 3.63) is 0 Å². The second kappa shape index (κ2) is 6.39. The van der Waals surface area contributed by atoms with Crippen molar-refractivity contribution in [2.45, 2.75) is 72.3 Å². The number of hydrogen-bond acceptors (Lipinski definition) is 3. The molecule has 0 heterocycles. The lowest BCUT2D eigenvalue weighted by Gasteiger charge is -2.25. The van der Waals surface area contributed by atoms with Crippen LogP contribution in [-0.4, -0.2) is 12.1 Å². The molecule has 0 unspecified atom stereocenters. The molecule has 0 bridgehead atoms. The zero-order valence-corrected chi connectivity index (χ0v) is 11.6. The summed E-state index contributed by atoms with van der Waals surface area (Å²) < 4.78 is 0. The molecule has 0 aliphatic heterocycles. The van der Waals surface area contributed by atoms with E-state index in [2.05, 4.69) is 13.8 Å². The van der Waals surface area contributed by atoms with Gasteiger partial charge in [-0.15, -0.1) is 0 Å². The molecular formula is C14H26O3. The molecule has 1 aliphatic rings. The SMILES string of the molecule is CC(C)CC(C)(C)C(=O)OOC1CCCCC1. The Morgan fingerprint density at radius 2 is 1.82 bits per heavy atom. The highest BCUT2D eigenvalue weighted by Gasteiger charge is 2.32. The van der Waals surface area contributed by atoms with Gasteiger partial charge in [-0.05, 0) is 39.0 Å². The minimum Gasteiger partial charge on any atom is -0.297 e. The minimum absolute atomic E-state index is 0.113. The largest absolute Gasteiger partial charge is 0.347 e. The van der Waals surface area contributed by atoms with Crippen LogP contribution in [0, 0.1) is 11.3 Å². The van der Waals surface area contributed by atoms with Gasteiger partial charge < -0.3 is 0 Å². The van der Waals surface area contributed by atoms with Crippen LogP contribution in [0.5, 0.6) is 0 Å². The lowest BCUT2D eigenvalue weighted by atomic mass is 9.84. The molecule has 1 saturated carbocycles. The average Bonchev–Trinajstić information content (AvgIpc) is 2.25. The first kappa shape index (κ1) is 14.5. The van der Waals surface area contributed by atoms with Crippen LogP contribution >= 0.6 is 0 Å². The Kier molecular flexibility index (Phi) is 5.44. The van der Waals surface area contributed by atoms with Crippen LogP contribution in [0.1, 0.15) is 66.2 Å². The smallest absolute Gasteiger partial charge is 0.297 e. The fraction of sp³-hybridized carbons (Fsp3) is 0.929. The molecule has 100 valence electrons.